The number of anilines is 2. The number of hydrogen-bond acceptors (Lipinski definition) is 16. The molecule has 12 nitrogen and oxygen atoms in total. The van der Waals surface area contributed by atoms with E-state index < -0.39 is 7.12 Å². The fourth-order valence-corrected chi connectivity index (χ4v) is 10.8. The van der Waals surface area contributed by atoms with Gasteiger partial charge in [0.15, 0.2) is 0 Å². The van der Waals surface area contributed by atoms with Gasteiger partial charge in [-0.05, 0) is 124 Å². The van der Waals surface area contributed by atoms with Crippen molar-refractivity contribution in [2.24, 2.45) is 5.34 Å². The number of aliphatic hydroxyl groups is 1. The molecule has 0 saturated heterocycles. The Bertz CT molecular complexity index is 3110. The smallest absolute Gasteiger partial charge is 1.00 e. The Morgan fingerprint density at radius 1 is 0.639 bits per heavy atom. The molecular formula is C48H49BCl3I2KN7NaO5S4. The van der Waals surface area contributed by atoms with Crippen molar-refractivity contribution in [3.63, 3.8) is 0 Å². The van der Waals surface area contributed by atoms with Crippen LogP contribution in [0.3, 0.4) is 0 Å². The molecule has 0 saturated carbocycles. The molecule has 0 radical (unpaired) electrons. The number of fused-ring (bicyclic) bond motifs is 4. The Labute approximate surface area is 546 Å². The van der Waals surface area contributed by atoms with Crippen LogP contribution in [-0.2, 0) is 0 Å². The summed E-state index contributed by atoms with van der Waals surface area (Å²) < 4.78 is 5.41. The standard InChI is InChI=1S/C14H10ClNS.C8H5ClINS.C8H7ClN2S.C8H8N2S.C6H7BO2.C3H8O.CH4.HI.K.HNO2.Na/c1-9-16-12-8-7-11(13(15)14(12)17-9)10-5-3-2-4-6-10;2*1-4-11-6-3-2-5(10)7(9)8(6)12-4;1-5-10-7-3-2-6(9)4-8(7)11-5;8-7(9)6-4-2-1-3-5-6;1-3(2)4;;;;2-1-3;/h2-8H,1H3;2-3H,1H3;2-3H,10H2,1H3;2-4H,9H2,1H3;1-5,8-9H;3-4H,1-2H3;1H4;1H;;(H,2,3);/q;;;;;;;;+1;;+1/p-2. The van der Waals surface area contributed by atoms with E-state index in [1.54, 1.807) is 89.5 Å². The molecule has 0 aliphatic rings. The maximum absolute atomic E-state index is 8.58. The second kappa shape index (κ2) is 36.0. The van der Waals surface area contributed by atoms with Gasteiger partial charge in [-0.1, -0.05) is 109 Å². The summed E-state index contributed by atoms with van der Waals surface area (Å²) in [5, 5.41) is 40.7. The van der Waals surface area contributed by atoms with Crippen LogP contribution < -0.4 is 122 Å². The van der Waals surface area contributed by atoms with Gasteiger partial charge in [0, 0.05) is 20.9 Å². The van der Waals surface area contributed by atoms with Gasteiger partial charge in [0.2, 0.25) is 0 Å². The van der Waals surface area contributed by atoms with Crippen molar-refractivity contribution in [2.45, 2.75) is 55.1 Å². The summed E-state index contributed by atoms with van der Waals surface area (Å²) in [6, 6.07) is 36.4. The zero-order valence-corrected chi connectivity index (χ0v) is 54.7. The molecule has 0 aliphatic heterocycles. The minimum atomic E-state index is -1.34. The van der Waals surface area contributed by atoms with Crippen LogP contribution >= 0.6 is 103 Å². The zero-order valence-electron chi connectivity index (χ0n) is 39.7. The van der Waals surface area contributed by atoms with E-state index in [4.69, 9.17) is 71.5 Å². The van der Waals surface area contributed by atoms with Crippen molar-refractivity contribution < 1.29 is 120 Å². The van der Waals surface area contributed by atoms with E-state index in [2.05, 4.69) is 54.7 Å². The third-order valence-corrected chi connectivity index (χ3v) is 15.2. The number of nitrogen functional groups attached to an aromatic ring is 2. The first-order valence-electron chi connectivity index (χ1n) is 20.1. The van der Waals surface area contributed by atoms with E-state index in [9.17, 15) is 0 Å². The maximum Gasteiger partial charge on any atom is 1.00 e. The Morgan fingerprint density at radius 3 is 1.50 bits per heavy atom. The molecule has 370 valence electrons. The molecule has 10 aromatic rings. The van der Waals surface area contributed by atoms with Gasteiger partial charge in [-0.15, -0.1) is 50.7 Å². The topological polar surface area (TPSA) is 217 Å². The van der Waals surface area contributed by atoms with Gasteiger partial charge in [0.05, 0.1) is 81.7 Å². The Kier molecular flexibility index (Phi) is 35.4. The van der Waals surface area contributed by atoms with Crippen LogP contribution in [0.25, 0.3) is 52.0 Å². The summed E-state index contributed by atoms with van der Waals surface area (Å²) in [5.41, 5.74) is 19.4. The second-order valence-electron chi connectivity index (χ2n) is 14.3. The molecule has 0 aliphatic carbocycles. The monoisotopic (exact) mass is 1360 g/mol. The normalized spacial score (nSPS) is 9.64. The molecule has 0 unspecified atom stereocenters. The van der Waals surface area contributed by atoms with E-state index in [0.29, 0.717) is 16.2 Å². The van der Waals surface area contributed by atoms with E-state index in [0.717, 1.165) is 92.0 Å². The number of aryl methyl sites for hydroxylation is 4. The zero-order chi connectivity index (χ0) is 50.1. The summed E-state index contributed by atoms with van der Waals surface area (Å²) >= 11 is 27.3. The first kappa shape index (κ1) is 70.8. The number of hydrogen-bond donors (Lipinski definition) is 5. The summed E-state index contributed by atoms with van der Waals surface area (Å²) in [6.45, 7) is 11.4. The van der Waals surface area contributed by atoms with E-state index in [1.165, 1.54) is 4.70 Å². The quantitative estimate of drug-likeness (QED) is 0.0481. The van der Waals surface area contributed by atoms with Crippen molar-refractivity contribution in [3.05, 3.63) is 164 Å². The molecule has 72 heavy (non-hydrogen) atoms. The molecule has 0 amide bonds. The van der Waals surface area contributed by atoms with Crippen LogP contribution in [0.5, 0.6) is 0 Å². The number of thiazole rings is 4. The fraction of sp³-hybridized carbons (Fsp3) is 0.167. The first-order chi connectivity index (χ1) is 32.3. The van der Waals surface area contributed by atoms with Gasteiger partial charge in [-0.2, -0.15) is 0 Å². The second-order valence-corrected chi connectivity index (χ2v) is 21.4. The van der Waals surface area contributed by atoms with E-state index in [1.807, 2.05) is 100 Å². The number of rotatable bonds is 2. The maximum atomic E-state index is 8.58. The minimum absolute atomic E-state index is 0. The molecule has 0 atom stereocenters. The van der Waals surface area contributed by atoms with Crippen LogP contribution in [0, 0.1) is 41.4 Å². The van der Waals surface area contributed by atoms with E-state index >= 15 is 0 Å². The predicted molar refractivity (Wildman–Crippen MR) is 309 cm³/mol. The minimum Gasteiger partial charge on any atom is -1.00 e. The summed E-state index contributed by atoms with van der Waals surface area (Å²) in [7, 11) is -1.34. The largest absolute Gasteiger partial charge is 1.00 e. The van der Waals surface area contributed by atoms with Crippen LogP contribution in [0.4, 0.5) is 11.4 Å². The Morgan fingerprint density at radius 2 is 1.03 bits per heavy atom. The average Bonchev–Trinajstić information content (AvgIpc) is 4.09. The molecule has 0 bridgehead atoms. The molecule has 6 aromatic carbocycles. The van der Waals surface area contributed by atoms with Gasteiger partial charge < -0.3 is 60.7 Å². The number of nitrogens with zero attached hydrogens (tertiary/aromatic N) is 5. The number of halogens is 5. The molecule has 4 aromatic heterocycles. The molecule has 4 heterocycles. The van der Waals surface area contributed by atoms with E-state index in [-0.39, 0.29) is 118 Å². The summed E-state index contributed by atoms with van der Waals surface area (Å²) in [6.07, 6.45) is -0.167. The third kappa shape index (κ3) is 22.4. The number of nitrogens with two attached hydrogens (primary N) is 2. The van der Waals surface area contributed by atoms with Crippen molar-refractivity contribution in [3.8, 4) is 11.1 Å². The van der Waals surface area contributed by atoms with Gasteiger partial charge >= 0.3 is 88.1 Å². The molecule has 7 N–H and O–H groups in total. The molecular weight excluding hydrogens is 1320 g/mol. The van der Waals surface area contributed by atoms with Gasteiger partial charge in [-0.25, -0.2) is 19.9 Å². The van der Waals surface area contributed by atoms with Crippen LogP contribution in [0.1, 0.15) is 41.3 Å². The van der Waals surface area contributed by atoms with Crippen molar-refractivity contribution in [1.82, 2.24) is 19.9 Å². The molecule has 24 heteroatoms. The molecule has 10 rings (SSSR count). The SMILES string of the molecule is C.CC(C)O.Cc1nc2ccc(-c3ccccc3)c(Cl)c2s1.Cc1nc2ccc(I)c(Cl)c2s1.Cc1nc2ccc(N)c(Cl)c2s1.Cc1nc2ccc(N)cc2s1.O=N[O-].OB(O)c1ccccc1.[I-].[K+].[Na+]. The van der Waals surface area contributed by atoms with Crippen LogP contribution in [-0.4, -0.2) is 48.3 Å². The van der Waals surface area contributed by atoms with Gasteiger partial charge in [-0.3, -0.25) is 0 Å². The van der Waals surface area contributed by atoms with Gasteiger partial charge in [0.1, 0.15) is 0 Å². The van der Waals surface area contributed by atoms with Crippen LogP contribution in [0.2, 0.25) is 15.1 Å². The molecule has 0 spiro atoms. The summed E-state index contributed by atoms with van der Waals surface area (Å²) in [4.78, 5) is 25.4. The molecule has 0 fully saturated rings. The van der Waals surface area contributed by atoms with Crippen LogP contribution in [0.15, 0.2) is 121 Å². The number of benzene rings is 6. The number of aromatic nitrogens is 4. The number of aliphatic hydroxyl groups excluding tert-OH is 1. The van der Waals surface area contributed by atoms with Crippen molar-refractivity contribution >= 4 is 168 Å². The average molecular weight is 1370 g/mol. The van der Waals surface area contributed by atoms with Crippen molar-refractivity contribution in [2.75, 3.05) is 11.5 Å². The van der Waals surface area contributed by atoms with Crippen molar-refractivity contribution in [1.29, 1.82) is 0 Å². The first-order valence-corrected chi connectivity index (χ1v) is 25.6. The fourth-order valence-electron chi connectivity index (χ4n) is 5.73. The third-order valence-electron chi connectivity index (χ3n) is 8.50. The predicted octanol–water partition coefficient (Wildman–Crippen LogP) is 5.47. The van der Waals surface area contributed by atoms with Gasteiger partial charge in [0.25, 0.3) is 0 Å². The summed E-state index contributed by atoms with van der Waals surface area (Å²) in [5.74, 6) is 0. The Hall–Kier alpha value is -1.21. The Balaban J connectivity index is 0.000000846.